The molecule has 3 rings (SSSR count). The molecular weight excluding hydrogens is 346 g/mol. The molecule has 5 nitrogen and oxygen atoms in total. The number of rotatable bonds is 5. The zero-order valence-corrected chi connectivity index (χ0v) is 16.8. The van der Waals surface area contributed by atoms with Gasteiger partial charge in [0.25, 0.3) is 5.91 Å². The van der Waals surface area contributed by atoms with Gasteiger partial charge in [0.2, 0.25) is 0 Å². The van der Waals surface area contributed by atoms with Gasteiger partial charge in [0.1, 0.15) is 0 Å². The first-order chi connectivity index (χ1) is 12.2. The number of thiophene rings is 1. The van der Waals surface area contributed by atoms with E-state index in [1.165, 1.54) is 0 Å². The second kappa shape index (κ2) is 7.53. The van der Waals surface area contributed by atoms with Crippen LogP contribution in [0.5, 0.6) is 0 Å². The van der Waals surface area contributed by atoms with Crippen molar-refractivity contribution >= 4 is 32.5 Å². The lowest BCUT2D eigenvalue weighted by molar-refractivity contribution is -0.00257. The summed E-state index contributed by atoms with van der Waals surface area (Å²) in [6, 6.07) is 4.50. The molecule has 0 radical (unpaired) electrons. The number of hydrogen-bond acceptors (Lipinski definition) is 5. The van der Waals surface area contributed by atoms with Crippen LogP contribution in [0.3, 0.4) is 0 Å². The van der Waals surface area contributed by atoms with E-state index in [-0.39, 0.29) is 11.9 Å². The van der Waals surface area contributed by atoms with Crippen molar-refractivity contribution in [2.24, 2.45) is 5.92 Å². The third kappa shape index (κ3) is 4.54. The third-order valence-electron chi connectivity index (χ3n) is 5.12. The second-order valence-corrected chi connectivity index (χ2v) is 9.28. The Kier molecular flexibility index (Phi) is 5.53. The van der Waals surface area contributed by atoms with Crippen molar-refractivity contribution in [2.45, 2.75) is 71.1 Å². The van der Waals surface area contributed by atoms with Crippen LogP contribution in [-0.4, -0.2) is 33.7 Å². The highest BCUT2D eigenvalue weighted by Crippen LogP contribution is 2.33. The Hall–Kier alpha value is -1.66. The molecule has 2 aromatic heterocycles. The van der Waals surface area contributed by atoms with Gasteiger partial charge in [-0.05, 0) is 71.4 Å². The molecule has 2 heterocycles. The Morgan fingerprint density at radius 2 is 1.96 bits per heavy atom. The van der Waals surface area contributed by atoms with E-state index in [2.05, 4.69) is 29.5 Å². The molecule has 142 valence electrons. The van der Waals surface area contributed by atoms with E-state index in [0.717, 1.165) is 40.9 Å². The number of nitrogens with one attached hydrogen (secondary N) is 2. The van der Waals surface area contributed by atoms with E-state index in [1.807, 2.05) is 26.0 Å². The van der Waals surface area contributed by atoms with Gasteiger partial charge in [0.05, 0.1) is 26.4 Å². The largest absolute Gasteiger partial charge is 0.390 e. The number of aromatic nitrogens is 1. The smallest absolute Gasteiger partial charge is 0.253 e. The number of amides is 1. The maximum absolute atomic E-state index is 12.6. The van der Waals surface area contributed by atoms with Crippen LogP contribution >= 0.6 is 11.3 Å². The summed E-state index contributed by atoms with van der Waals surface area (Å²) in [5, 5.41) is 17.7. The SMILES string of the molecule is CC(C)Nc1cc2ncc(C(=O)NC3CCC(C(C)(C)O)CC3)cc2s1. The van der Waals surface area contributed by atoms with Gasteiger partial charge in [-0.3, -0.25) is 9.78 Å². The zero-order chi connectivity index (χ0) is 18.9. The van der Waals surface area contributed by atoms with Crippen molar-refractivity contribution in [3.8, 4) is 0 Å². The van der Waals surface area contributed by atoms with Gasteiger partial charge in [-0.2, -0.15) is 0 Å². The lowest BCUT2D eigenvalue weighted by atomic mass is 9.77. The highest BCUT2D eigenvalue weighted by molar-refractivity contribution is 7.22. The first-order valence-corrected chi connectivity index (χ1v) is 10.2. The summed E-state index contributed by atoms with van der Waals surface area (Å²) < 4.78 is 1.02. The fourth-order valence-electron chi connectivity index (χ4n) is 3.61. The monoisotopic (exact) mass is 375 g/mol. The zero-order valence-electron chi connectivity index (χ0n) is 16.0. The molecular formula is C20H29N3O2S. The second-order valence-electron chi connectivity index (χ2n) is 8.19. The lowest BCUT2D eigenvalue weighted by Crippen LogP contribution is -2.41. The molecule has 0 unspecified atom stereocenters. The Morgan fingerprint density at radius 1 is 1.27 bits per heavy atom. The van der Waals surface area contributed by atoms with Crippen LogP contribution in [0.15, 0.2) is 18.3 Å². The first-order valence-electron chi connectivity index (χ1n) is 9.41. The van der Waals surface area contributed by atoms with Crippen molar-refractivity contribution in [3.05, 3.63) is 23.9 Å². The van der Waals surface area contributed by atoms with Crippen LogP contribution < -0.4 is 10.6 Å². The standard InChI is InChI=1S/C20H29N3O2S/c1-12(2)22-18-10-16-17(26-18)9-13(11-21-16)19(24)23-15-7-5-14(6-8-15)20(3,4)25/h9-12,14-15,22,25H,5-8H2,1-4H3,(H,23,24). The number of carbonyl (C=O) groups is 1. The number of hydrogen-bond donors (Lipinski definition) is 3. The van der Waals surface area contributed by atoms with E-state index >= 15 is 0 Å². The number of anilines is 1. The Bertz CT molecular complexity index is 771. The summed E-state index contributed by atoms with van der Waals surface area (Å²) in [6.07, 6.45) is 5.38. The van der Waals surface area contributed by atoms with Crippen molar-refractivity contribution in [2.75, 3.05) is 5.32 Å². The van der Waals surface area contributed by atoms with Crippen molar-refractivity contribution in [1.29, 1.82) is 0 Å². The molecule has 3 N–H and O–H groups in total. The maximum Gasteiger partial charge on any atom is 0.253 e. The normalized spacial score (nSPS) is 21.2. The van der Waals surface area contributed by atoms with E-state index in [9.17, 15) is 9.90 Å². The lowest BCUT2D eigenvalue weighted by Gasteiger charge is -2.36. The number of fused-ring (bicyclic) bond motifs is 1. The number of nitrogens with zero attached hydrogens (tertiary/aromatic N) is 1. The maximum atomic E-state index is 12.6. The Balaban J connectivity index is 1.63. The quantitative estimate of drug-likeness (QED) is 0.733. The first kappa shape index (κ1) is 19.1. The molecule has 26 heavy (non-hydrogen) atoms. The van der Waals surface area contributed by atoms with Crippen molar-refractivity contribution in [1.82, 2.24) is 10.3 Å². The Labute approximate surface area is 159 Å². The van der Waals surface area contributed by atoms with Gasteiger partial charge in [-0.15, -0.1) is 11.3 Å². The molecule has 0 aliphatic heterocycles. The van der Waals surface area contributed by atoms with Crippen LogP contribution in [0.25, 0.3) is 10.2 Å². The van der Waals surface area contributed by atoms with Gasteiger partial charge in [-0.1, -0.05) is 0 Å². The van der Waals surface area contributed by atoms with E-state index in [1.54, 1.807) is 17.5 Å². The van der Waals surface area contributed by atoms with E-state index < -0.39 is 5.60 Å². The van der Waals surface area contributed by atoms with Gasteiger partial charge in [0, 0.05) is 18.3 Å². The summed E-state index contributed by atoms with van der Waals surface area (Å²) in [6.45, 7) is 7.95. The molecule has 1 aliphatic rings. The molecule has 0 saturated heterocycles. The highest BCUT2D eigenvalue weighted by atomic mass is 32.1. The molecule has 1 amide bonds. The third-order valence-corrected chi connectivity index (χ3v) is 6.13. The minimum atomic E-state index is -0.634. The Morgan fingerprint density at radius 3 is 2.58 bits per heavy atom. The number of pyridine rings is 1. The summed E-state index contributed by atoms with van der Waals surface area (Å²) in [5.41, 5.74) is 0.894. The van der Waals surface area contributed by atoms with Crippen LogP contribution in [0.2, 0.25) is 0 Å². The number of carbonyl (C=O) groups excluding carboxylic acids is 1. The molecule has 2 aromatic rings. The average molecular weight is 376 g/mol. The summed E-state index contributed by atoms with van der Waals surface area (Å²) in [4.78, 5) is 17.1. The van der Waals surface area contributed by atoms with Gasteiger partial charge in [0.15, 0.2) is 0 Å². The van der Waals surface area contributed by atoms with Crippen molar-refractivity contribution in [3.63, 3.8) is 0 Å². The van der Waals surface area contributed by atoms with Gasteiger partial charge >= 0.3 is 0 Å². The molecule has 0 atom stereocenters. The fourth-order valence-corrected chi connectivity index (χ4v) is 4.71. The van der Waals surface area contributed by atoms with Crippen LogP contribution in [0.4, 0.5) is 5.00 Å². The molecule has 6 heteroatoms. The summed E-state index contributed by atoms with van der Waals surface area (Å²) in [5.74, 6) is 0.254. The van der Waals surface area contributed by atoms with E-state index in [4.69, 9.17) is 0 Å². The molecule has 0 bridgehead atoms. The van der Waals surface area contributed by atoms with Crippen LogP contribution in [-0.2, 0) is 0 Å². The fraction of sp³-hybridized carbons (Fsp3) is 0.600. The molecule has 1 aliphatic carbocycles. The summed E-state index contributed by atoms with van der Waals surface area (Å²) in [7, 11) is 0. The predicted octanol–water partition coefficient (Wildman–Crippen LogP) is 4.18. The molecule has 1 saturated carbocycles. The average Bonchev–Trinajstić information content (AvgIpc) is 2.94. The van der Waals surface area contributed by atoms with Gasteiger partial charge in [-0.25, -0.2) is 0 Å². The summed E-state index contributed by atoms with van der Waals surface area (Å²) >= 11 is 1.62. The molecule has 1 fully saturated rings. The van der Waals surface area contributed by atoms with Crippen LogP contribution in [0.1, 0.15) is 63.7 Å². The molecule has 0 aromatic carbocycles. The highest BCUT2D eigenvalue weighted by Gasteiger charge is 2.31. The minimum absolute atomic E-state index is 0.0575. The molecule has 0 spiro atoms. The van der Waals surface area contributed by atoms with Gasteiger partial charge < -0.3 is 15.7 Å². The topological polar surface area (TPSA) is 74.2 Å². The number of aliphatic hydroxyl groups is 1. The van der Waals surface area contributed by atoms with E-state index in [0.29, 0.717) is 17.5 Å². The predicted molar refractivity (Wildman–Crippen MR) is 108 cm³/mol. The minimum Gasteiger partial charge on any atom is -0.390 e. The van der Waals surface area contributed by atoms with Crippen molar-refractivity contribution < 1.29 is 9.90 Å². The van der Waals surface area contributed by atoms with Crippen LogP contribution in [0, 0.1) is 5.92 Å².